The predicted octanol–water partition coefficient (Wildman–Crippen LogP) is 2.75. The summed E-state index contributed by atoms with van der Waals surface area (Å²) in [6.07, 6.45) is 6.25. The highest BCUT2D eigenvalue weighted by Gasteiger charge is 2.04. The number of aliphatic hydroxyl groups excluding tert-OH is 1. The number of rotatable bonds is 6. The summed E-state index contributed by atoms with van der Waals surface area (Å²) in [6, 6.07) is 0. The molecule has 0 heterocycles. The van der Waals surface area contributed by atoms with E-state index < -0.39 is 0 Å². The second-order valence-electron chi connectivity index (χ2n) is 3.41. The SMILES string of the molecule is C=CCCCC(C)CC(C)O. The van der Waals surface area contributed by atoms with E-state index in [1.165, 1.54) is 12.8 Å². The van der Waals surface area contributed by atoms with Crippen molar-refractivity contribution in [3.05, 3.63) is 12.7 Å². The predicted molar refractivity (Wildman–Crippen MR) is 49.5 cm³/mol. The zero-order valence-corrected chi connectivity index (χ0v) is 7.71. The van der Waals surface area contributed by atoms with Crippen molar-refractivity contribution in [2.24, 2.45) is 5.92 Å². The zero-order chi connectivity index (χ0) is 8.69. The molecule has 0 amide bonds. The van der Waals surface area contributed by atoms with Gasteiger partial charge in [0.2, 0.25) is 0 Å². The number of hydrogen-bond acceptors (Lipinski definition) is 1. The molecule has 0 aromatic rings. The van der Waals surface area contributed by atoms with Gasteiger partial charge in [0.05, 0.1) is 6.10 Å². The molecule has 0 saturated heterocycles. The van der Waals surface area contributed by atoms with Gasteiger partial charge in [-0.05, 0) is 32.1 Å². The first-order valence-electron chi connectivity index (χ1n) is 4.45. The minimum atomic E-state index is -0.145. The number of hydrogen-bond donors (Lipinski definition) is 1. The molecule has 0 saturated carbocycles. The van der Waals surface area contributed by atoms with Crippen LogP contribution in [0.1, 0.15) is 39.5 Å². The molecule has 0 bridgehead atoms. The second kappa shape index (κ2) is 6.41. The summed E-state index contributed by atoms with van der Waals surface area (Å²) in [5, 5.41) is 9.06. The van der Waals surface area contributed by atoms with Crippen molar-refractivity contribution in [1.82, 2.24) is 0 Å². The number of unbranched alkanes of at least 4 members (excludes halogenated alkanes) is 1. The van der Waals surface area contributed by atoms with Gasteiger partial charge in [-0.15, -0.1) is 6.58 Å². The van der Waals surface area contributed by atoms with Crippen LogP contribution in [0.3, 0.4) is 0 Å². The third-order valence-electron chi connectivity index (χ3n) is 1.85. The van der Waals surface area contributed by atoms with Crippen molar-refractivity contribution < 1.29 is 5.11 Å². The minimum Gasteiger partial charge on any atom is -0.393 e. The van der Waals surface area contributed by atoms with Crippen molar-refractivity contribution in [3.63, 3.8) is 0 Å². The van der Waals surface area contributed by atoms with E-state index in [0.29, 0.717) is 5.92 Å². The van der Waals surface area contributed by atoms with Crippen LogP contribution in [0.25, 0.3) is 0 Å². The normalized spacial score (nSPS) is 15.9. The van der Waals surface area contributed by atoms with E-state index in [9.17, 15) is 0 Å². The molecular formula is C10H20O. The van der Waals surface area contributed by atoms with Crippen LogP contribution in [-0.2, 0) is 0 Å². The fraction of sp³-hybridized carbons (Fsp3) is 0.800. The van der Waals surface area contributed by atoms with Crippen molar-refractivity contribution in [2.75, 3.05) is 0 Å². The molecule has 0 aliphatic heterocycles. The Kier molecular flexibility index (Phi) is 6.24. The van der Waals surface area contributed by atoms with E-state index >= 15 is 0 Å². The van der Waals surface area contributed by atoms with Gasteiger partial charge < -0.3 is 5.11 Å². The molecule has 0 aromatic heterocycles. The van der Waals surface area contributed by atoms with Crippen LogP contribution in [0.15, 0.2) is 12.7 Å². The van der Waals surface area contributed by atoms with Crippen molar-refractivity contribution in [2.45, 2.75) is 45.6 Å². The van der Waals surface area contributed by atoms with E-state index in [2.05, 4.69) is 13.5 Å². The lowest BCUT2D eigenvalue weighted by Crippen LogP contribution is -2.06. The maximum atomic E-state index is 9.06. The van der Waals surface area contributed by atoms with Crippen LogP contribution in [0.2, 0.25) is 0 Å². The van der Waals surface area contributed by atoms with Gasteiger partial charge in [0.1, 0.15) is 0 Å². The van der Waals surface area contributed by atoms with Gasteiger partial charge in [-0.25, -0.2) is 0 Å². The first-order valence-corrected chi connectivity index (χ1v) is 4.45. The Hall–Kier alpha value is -0.300. The van der Waals surface area contributed by atoms with E-state index in [4.69, 9.17) is 5.11 Å². The van der Waals surface area contributed by atoms with Crippen molar-refractivity contribution in [1.29, 1.82) is 0 Å². The number of aliphatic hydroxyl groups is 1. The van der Waals surface area contributed by atoms with Gasteiger partial charge in [-0.3, -0.25) is 0 Å². The van der Waals surface area contributed by atoms with Crippen LogP contribution in [0.5, 0.6) is 0 Å². The van der Waals surface area contributed by atoms with Crippen LogP contribution < -0.4 is 0 Å². The van der Waals surface area contributed by atoms with Gasteiger partial charge in [-0.2, -0.15) is 0 Å². The van der Waals surface area contributed by atoms with Gasteiger partial charge in [-0.1, -0.05) is 19.4 Å². The monoisotopic (exact) mass is 156 g/mol. The van der Waals surface area contributed by atoms with Gasteiger partial charge >= 0.3 is 0 Å². The highest BCUT2D eigenvalue weighted by molar-refractivity contribution is 4.67. The average molecular weight is 156 g/mol. The topological polar surface area (TPSA) is 20.2 Å². The second-order valence-corrected chi connectivity index (χ2v) is 3.41. The molecule has 2 atom stereocenters. The molecule has 0 rings (SSSR count). The standard InChI is InChI=1S/C10H20O/c1-4-5-6-7-9(2)8-10(3)11/h4,9-11H,1,5-8H2,2-3H3. The van der Waals surface area contributed by atoms with Crippen molar-refractivity contribution in [3.8, 4) is 0 Å². The molecular weight excluding hydrogens is 136 g/mol. The minimum absolute atomic E-state index is 0.145. The zero-order valence-electron chi connectivity index (χ0n) is 7.71. The van der Waals surface area contributed by atoms with E-state index in [1.807, 2.05) is 13.0 Å². The molecule has 0 fully saturated rings. The lowest BCUT2D eigenvalue weighted by atomic mass is 9.98. The summed E-state index contributed by atoms with van der Waals surface area (Å²) in [5.74, 6) is 0.648. The Labute approximate surface area is 70.1 Å². The van der Waals surface area contributed by atoms with Crippen LogP contribution in [0, 0.1) is 5.92 Å². The highest BCUT2D eigenvalue weighted by Crippen LogP contribution is 2.13. The Morgan fingerprint density at radius 1 is 1.45 bits per heavy atom. The summed E-state index contributed by atoms with van der Waals surface area (Å²) < 4.78 is 0. The molecule has 0 aliphatic rings. The Morgan fingerprint density at radius 2 is 2.09 bits per heavy atom. The van der Waals surface area contributed by atoms with Gasteiger partial charge in [0.15, 0.2) is 0 Å². The Balaban J connectivity index is 3.21. The van der Waals surface area contributed by atoms with E-state index in [-0.39, 0.29) is 6.10 Å². The lowest BCUT2D eigenvalue weighted by Gasteiger charge is -2.11. The van der Waals surface area contributed by atoms with Crippen LogP contribution >= 0.6 is 0 Å². The average Bonchev–Trinajstić information content (AvgIpc) is 1.86. The summed E-state index contributed by atoms with van der Waals surface area (Å²) >= 11 is 0. The summed E-state index contributed by atoms with van der Waals surface area (Å²) in [6.45, 7) is 7.71. The first kappa shape index (κ1) is 10.7. The molecule has 2 unspecified atom stereocenters. The van der Waals surface area contributed by atoms with Gasteiger partial charge in [0.25, 0.3) is 0 Å². The fourth-order valence-electron chi connectivity index (χ4n) is 1.31. The highest BCUT2D eigenvalue weighted by atomic mass is 16.3. The van der Waals surface area contributed by atoms with Crippen molar-refractivity contribution >= 4 is 0 Å². The molecule has 66 valence electrons. The molecule has 0 aromatic carbocycles. The summed E-state index contributed by atoms with van der Waals surface area (Å²) in [4.78, 5) is 0. The van der Waals surface area contributed by atoms with E-state index in [0.717, 1.165) is 12.8 Å². The Morgan fingerprint density at radius 3 is 2.55 bits per heavy atom. The largest absolute Gasteiger partial charge is 0.393 e. The smallest absolute Gasteiger partial charge is 0.0514 e. The molecule has 1 heteroatoms. The Bertz CT molecular complexity index is 97.0. The van der Waals surface area contributed by atoms with Crippen LogP contribution in [-0.4, -0.2) is 11.2 Å². The third-order valence-corrected chi connectivity index (χ3v) is 1.85. The third kappa shape index (κ3) is 7.60. The van der Waals surface area contributed by atoms with E-state index in [1.54, 1.807) is 0 Å². The lowest BCUT2D eigenvalue weighted by molar-refractivity contribution is 0.161. The van der Waals surface area contributed by atoms with Gasteiger partial charge in [0, 0.05) is 0 Å². The van der Waals surface area contributed by atoms with Crippen LogP contribution in [0.4, 0.5) is 0 Å². The molecule has 0 spiro atoms. The fourth-order valence-corrected chi connectivity index (χ4v) is 1.31. The maximum Gasteiger partial charge on any atom is 0.0514 e. The molecule has 0 radical (unpaired) electrons. The molecule has 0 aliphatic carbocycles. The molecule has 1 N–H and O–H groups in total. The quantitative estimate of drug-likeness (QED) is 0.463. The maximum absolute atomic E-state index is 9.06. The molecule has 1 nitrogen and oxygen atoms in total. The molecule has 11 heavy (non-hydrogen) atoms. The first-order chi connectivity index (χ1) is 5.16. The summed E-state index contributed by atoms with van der Waals surface area (Å²) in [5.41, 5.74) is 0. The number of allylic oxidation sites excluding steroid dienone is 1. The summed E-state index contributed by atoms with van der Waals surface area (Å²) in [7, 11) is 0.